The number of hydrogen-bond donors (Lipinski definition) is 2. The van der Waals surface area contributed by atoms with Gasteiger partial charge in [0.2, 0.25) is 0 Å². The molecule has 3 rings (SSSR count). The maximum absolute atomic E-state index is 12.3. The predicted octanol–water partition coefficient (Wildman–Crippen LogP) is 0.235. The molecule has 1 aromatic rings. The summed E-state index contributed by atoms with van der Waals surface area (Å²) in [5, 5.41) is 10.7. The fourth-order valence-electron chi connectivity index (χ4n) is 2.95. The van der Waals surface area contributed by atoms with Crippen LogP contribution < -0.4 is 5.32 Å². The Morgan fingerprint density at radius 1 is 1.45 bits per heavy atom. The average Bonchev–Trinajstić information content (AvgIpc) is 2.91. The summed E-state index contributed by atoms with van der Waals surface area (Å²) in [6.45, 7) is 2.58. The molecule has 2 N–H and O–H groups in total. The highest BCUT2D eigenvalue weighted by atomic mass is 16.5. The predicted molar refractivity (Wildman–Crippen MR) is 74.3 cm³/mol. The second-order valence-electron chi connectivity index (χ2n) is 5.59. The number of carbonyl (C=O) groups is 1. The number of hydrogen-bond acceptors (Lipinski definition) is 4. The second-order valence-corrected chi connectivity index (χ2v) is 5.59. The number of aryl methyl sites for hydroxylation is 1. The molecular formula is C14H22N4O2. The van der Waals surface area contributed by atoms with E-state index in [9.17, 15) is 4.79 Å². The topological polar surface area (TPSA) is 70.2 Å². The Morgan fingerprint density at radius 3 is 3.10 bits per heavy atom. The van der Waals surface area contributed by atoms with E-state index >= 15 is 0 Å². The van der Waals surface area contributed by atoms with E-state index in [-0.39, 0.29) is 12.0 Å². The van der Waals surface area contributed by atoms with E-state index in [2.05, 4.69) is 15.5 Å². The van der Waals surface area contributed by atoms with Gasteiger partial charge in [-0.25, -0.2) is 0 Å². The summed E-state index contributed by atoms with van der Waals surface area (Å²) in [6.07, 6.45) is 4.24. The van der Waals surface area contributed by atoms with Gasteiger partial charge in [0, 0.05) is 25.8 Å². The average molecular weight is 278 g/mol. The monoisotopic (exact) mass is 278 g/mol. The fourth-order valence-corrected chi connectivity index (χ4v) is 2.95. The Bertz CT molecular complexity index is 480. The number of morpholine rings is 1. The fraction of sp³-hybridized carbons (Fsp3) is 0.714. The van der Waals surface area contributed by atoms with Crippen LogP contribution in [0.4, 0.5) is 0 Å². The molecule has 1 saturated heterocycles. The van der Waals surface area contributed by atoms with Gasteiger partial charge in [-0.05, 0) is 31.2 Å². The van der Waals surface area contributed by atoms with Gasteiger partial charge in [0.15, 0.2) is 0 Å². The lowest BCUT2D eigenvalue weighted by Gasteiger charge is -2.27. The molecule has 0 radical (unpaired) electrons. The van der Waals surface area contributed by atoms with Gasteiger partial charge in [0.1, 0.15) is 6.10 Å². The summed E-state index contributed by atoms with van der Waals surface area (Å²) < 4.78 is 5.51. The third-order valence-electron chi connectivity index (χ3n) is 4.11. The number of fused-ring (bicyclic) bond motifs is 1. The second kappa shape index (κ2) is 5.93. The maximum atomic E-state index is 12.3. The Hall–Kier alpha value is -1.40. The maximum Gasteiger partial charge on any atom is 0.253 e. The van der Waals surface area contributed by atoms with Gasteiger partial charge in [-0.15, -0.1) is 0 Å². The van der Waals surface area contributed by atoms with Crippen LogP contribution in [0, 0.1) is 0 Å². The smallest absolute Gasteiger partial charge is 0.253 e. The van der Waals surface area contributed by atoms with Crippen LogP contribution in [0.25, 0.3) is 0 Å². The first-order valence-electron chi connectivity index (χ1n) is 7.38. The van der Waals surface area contributed by atoms with Crippen molar-refractivity contribution in [3.05, 3.63) is 17.0 Å². The van der Waals surface area contributed by atoms with Crippen molar-refractivity contribution in [2.24, 2.45) is 0 Å². The Kier molecular flexibility index (Phi) is 4.03. The van der Waals surface area contributed by atoms with E-state index < -0.39 is 0 Å². The molecule has 0 unspecified atom stereocenters. The minimum absolute atomic E-state index is 0.0322. The zero-order valence-corrected chi connectivity index (χ0v) is 11.9. The highest BCUT2D eigenvalue weighted by Crippen LogP contribution is 2.23. The number of aromatic amines is 1. The Morgan fingerprint density at radius 2 is 2.30 bits per heavy atom. The van der Waals surface area contributed by atoms with Crippen LogP contribution in [0.1, 0.15) is 29.8 Å². The molecule has 6 nitrogen and oxygen atoms in total. The molecule has 0 spiro atoms. The number of carbonyl (C=O) groups excluding carboxylic acids is 1. The molecule has 1 fully saturated rings. The molecule has 1 aromatic heterocycles. The van der Waals surface area contributed by atoms with Crippen LogP contribution in [-0.4, -0.2) is 53.9 Å². The molecule has 1 atom stereocenters. The number of aromatic nitrogens is 2. The molecule has 0 aromatic carbocycles. The van der Waals surface area contributed by atoms with E-state index in [1.165, 1.54) is 24.1 Å². The molecule has 2 heterocycles. The minimum Gasteiger partial charge on any atom is -0.366 e. The van der Waals surface area contributed by atoms with Crippen molar-refractivity contribution < 1.29 is 9.53 Å². The standard InChI is InChI=1S/C14H22N4O2/c1-18(14(19)13-8-15-6-7-20-13)9-12-10-4-2-3-5-11(10)16-17-12/h13,15H,2-9H2,1H3,(H,16,17)/t13-/m1/s1. The largest absolute Gasteiger partial charge is 0.366 e. The van der Waals surface area contributed by atoms with Crippen molar-refractivity contribution in [3.8, 4) is 0 Å². The molecule has 1 aliphatic carbocycles. The van der Waals surface area contributed by atoms with Crippen LogP contribution in [0.2, 0.25) is 0 Å². The van der Waals surface area contributed by atoms with Crippen molar-refractivity contribution in [1.82, 2.24) is 20.4 Å². The lowest BCUT2D eigenvalue weighted by atomic mass is 9.96. The summed E-state index contributed by atoms with van der Waals surface area (Å²) >= 11 is 0. The summed E-state index contributed by atoms with van der Waals surface area (Å²) in [5.41, 5.74) is 3.58. The third kappa shape index (κ3) is 2.71. The van der Waals surface area contributed by atoms with Gasteiger partial charge in [0.25, 0.3) is 5.91 Å². The number of nitrogens with zero attached hydrogens (tertiary/aromatic N) is 2. The van der Waals surface area contributed by atoms with Gasteiger partial charge in [-0.3, -0.25) is 9.89 Å². The first-order chi connectivity index (χ1) is 9.75. The number of ether oxygens (including phenoxy) is 1. The zero-order valence-electron chi connectivity index (χ0n) is 11.9. The highest BCUT2D eigenvalue weighted by Gasteiger charge is 2.26. The summed E-state index contributed by atoms with van der Waals surface area (Å²) in [6, 6.07) is 0. The van der Waals surface area contributed by atoms with Gasteiger partial charge >= 0.3 is 0 Å². The van der Waals surface area contributed by atoms with Crippen LogP contribution in [0.5, 0.6) is 0 Å². The SMILES string of the molecule is CN(Cc1n[nH]c2c1CCCC2)C(=O)[C@H]1CNCCO1. The summed E-state index contributed by atoms with van der Waals surface area (Å²) in [4.78, 5) is 14.0. The molecule has 6 heteroatoms. The Labute approximate surface area is 118 Å². The number of rotatable bonds is 3. The molecule has 0 saturated carbocycles. The van der Waals surface area contributed by atoms with Gasteiger partial charge < -0.3 is 15.0 Å². The van der Waals surface area contributed by atoms with Crippen molar-refractivity contribution in [3.63, 3.8) is 0 Å². The lowest BCUT2D eigenvalue weighted by molar-refractivity contribution is -0.144. The van der Waals surface area contributed by atoms with E-state index in [4.69, 9.17) is 4.74 Å². The molecule has 20 heavy (non-hydrogen) atoms. The molecule has 110 valence electrons. The molecular weight excluding hydrogens is 256 g/mol. The molecule has 1 aliphatic heterocycles. The number of H-pyrrole nitrogens is 1. The van der Waals surface area contributed by atoms with Crippen LogP contribution in [0.3, 0.4) is 0 Å². The van der Waals surface area contributed by atoms with Crippen molar-refractivity contribution in [2.75, 3.05) is 26.7 Å². The summed E-state index contributed by atoms with van der Waals surface area (Å²) in [7, 11) is 1.82. The zero-order chi connectivity index (χ0) is 13.9. The van der Waals surface area contributed by atoms with Crippen LogP contribution >= 0.6 is 0 Å². The first-order valence-corrected chi connectivity index (χ1v) is 7.38. The van der Waals surface area contributed by atoms with Gasteiger partial charge in [-0.1, -0.05) is 0 Å². The van der Waals surface area contributed by atoms with Gasteiger partial charge in [0.05, 0.1) is 18.8 Å². The summed E-state index contributed by atoms with van der Waals surface area (Å²) in [5.74, 6) is 0.0322. The van der Waals surface area contributed by atoms with Crippen molar-refractivity contribution in [1.29, 1.82) is 0 Å². The number of likely N-dealkylation sites (N-methyl/N-ethyl adjacent to an activating group) is 1. The van der Waals surface area contributed by atoms with E-state index in [0.717, 1.165) is 25.1 Å². The minimum atomic E-state index is -0.358. The molecule has 0 bridgehead atoms. The molecule has 2 aliphatic rings. The van der Waals surface area contributed by atoms with E-state index in [1.807, 2.05) is 7.05 Å². The van der Waals surface area contributed by atoms with Crippen molar-refractivity contribution >= 4 is 5.91 Å². The van der Waals surface area contributed by atoms with Crippen LogP contribution in [0.15, 0.2) is 0 Å². The van der Waals surface area contributed by atoms with Gasteiger partial charge in [-0.2, -0.15) is 5.10 Å². The highest BCUT2D eigenvalue weighted by molar-refractivity contribution is 5.81. The number of nitrogens with one attached hydrogen (secondary N) is 2. The quantitative estimate of drug-likeness (QED) is 0.831. The number of amides is 1. The van der Waals surface area contributed by atoms with E-state index in [0.29, 0.717) is 19.7 Å². The van der Waals surface area contributed by atoms with Crippen molar-refractivity contribution in [2.45, 2.75) is 38.3 Å². The third-order valence-corrected chi connectivity index (χ3v) is 4.11. The van der Waals surface area contributed by atoms with E-state index in [1.54, 1.807) is 4.90 Å². The first kappa shape index (κ1) is 13.6. The normalized spacial score (nSPS) is 22.4. The van der Waals surface area contributed by atoms with Crippen LogP contribution in [-0.2, 0) is 28.9 Å². The Balaban J connectivity index is 1.64. The lowest BCUT2D eigenvalue weighted by Crippen LogP contribution is -2.48. The molecule has 1 amide bonds.